The third-order valence-corrected chi connectivity index (χ3v) is 3.26. The number of pyridine rings is 1. The monoisotopic (exact) mass is 341 g/mol. The summed E-state index contributed by atoms with van der Waals surface area (Å²) in [6.45, 7) is 3.50. The van der Waals surface area contributed by atoms with Crippen LogP contribution < -0.4 is 5.32 Å². The second kappa shape index (κ2) is 6.56. The number of non-ortho nitro benzene ring substituents is 1. The lowest BCUT2D eigenvalue weighted by atomic mass is 10.2. The number of fused-ring (bicyclic) bond motifs is 1. The molecule has 2 heterocycles. The van der Waals surface area contributed by atoms with Crippen LogP contribution in [-0.2, 0) is 4.74 Å². The van der Waals surface area contributed by atoms with Crippen molar-refractivity contribution in [3.8, 4) is 11.4 Å². The van der Waals surface area contributed by atoms with Crippen LogP contribution in [0.25, 0.3) is 22.6 Å². The summed E-state index contributed by atoms with van der Waals surface area (Å²) in [5.41, 5.74) is 2.02. The van der Waals surface area contributed by atoms with Gasteiger partial charge in [0.2, 0.25) is 0 Å². The first kappa shape index (κ1) is 16.4. The molecule has 3 rings (SSSR count). The Morgan fingerprint density at radius 3 is 2.88 bits per heavy atom. The molecule has 0 radical (unpaired) electrons. The number of imidazole rings is 1. The zero-order valence-electron chi connectivity index (χ0n) is 13.5. The van der Waals surface area contributed by atoms with Crippen LogP contribution >= 0.6 is 0 Å². The molecule has 9 nitrogen and oxygen atoms in total. The summed E-state index contributed by atoms with van der Waals surface area (Å²) in [6, 6.07) is 7.80. The number of amides is 1. The Labute approximate surface area is 142 Å². The molecule has 0 saturated carbocycles. The highest BCUT2D eigenvalue weighted by atomic mass is 16.6. The molecule has 0 fully saturated rings. The maximum Gasteiger partial charge on any atom is 0.411 e. The molecule has 3 aromatic rings. The first-order valence-corrected chi connectivity index (χ1v) is 7.50. The van der Waals surface area contributed by atoms with Crippen molar-refractivity contribution in [1.82, 2.24) is 15.0 Å². The molecule has 2 aromatic heterocycles. The van der Waals surface area contributed by atoms with Crippen LogP contribution in [0.5, 0.6) is 0 Å². The van der Waals surface area contributed by atoms with Crippen molar-refractivity contribution in [3.05, 3.63) is 46.6 Å². The van der Waals surface area contributed by atoms with Crippen LogP contribution in [0.3, 0.4) is 0 Å². The van der Waals surface area contributed by atoms with Gasteiger partial charge in [-0.25, -0.2) is 14.8 Å². The van der Waals surface area contributed by atoms with E-state index >= 15 is 0 Å². The molecule has 0 bridgehead atoms. The number of nitrogens with one attached hydrogen (secondary N) is 2. The lowest BCUT2D eigenvalue weighted by Crippen LogP contribution is -2.18. The number of ether oxygens (including phenoxy) is 1. The number of carbonyl (C=O) groups excluding carboxylic acids is 1. The van der Waals surface area contributed by atoms with E-state index in [0.29, 0.717) is 28.2 Å². The third-order valence-electron chi connectivity index (χ3n) is 3.26. The number of H-pyrrole nitrogens is 1. The Kier molecular flexibility index (Phi) is 4.29. The number of hydrogen-bond donors (Lipinski definition) is 2. The molecule has 0 aliphatic carbocycles. The minimum Gasteiger partial charge on any atom is -0.447 e. The molecule has 2 N–H and O–H groups in total. The Balaban J connectivity index is 1.89. The minimum absolute atomic E-state index is 0.0234. The van der Waals surface area contributed by atoms with Crippen LogP contribution in [-0.4, -0.2) is 32.1 Å². The topological polar surface area (TPSA) is 123 Å². The maximum absolute atomic E-state index is 11.6. The largest absolute Gasteiger partial charge is 0.447 e. The molecule has 25 heavy (non-hydrogen) atoms. The van der Waals surface area contributed by atoms with Crippen molar-refractivity contribution in [2.24, 2.45) is 0 Å². The van der Waals surface area contributed by atoms with Crippen LogP contribution in [0.15, 0.2) is 36.5 Å². The standard InChI is InChI=1S/C16H15N5O4/c1-9(2)25-16(22)18-11-7-13-15(17-8-11)20-14(19-13)10-4-3-5-12(6-10)21(23)24/h3-9H,1-2H3,(H,18,22)(H,17,19,20). The number of anilines is 1. The number of nitro groups is 1. The number of nitrogens with zero attached hydrogens (tertiary/aromatic N) is 3. The highest BCUT2D eigenvalue weighted by molar-refractivity contribution is 5.88. The van der Waals surface area contributed by atoms with Gasteiger partial charge in [-0.3, -0.25) is 15.4 Å². The van der Waals surface area contributed by atoms with Gasteiger partial charge in [0.15, 0.2) is 5.65 Å². The quantitative estimate of drug-likeness (QED) is 0.553. The summed E-state index contributed by atoms with van der Waals surface area (Å²) in [4.78, 5) is 33.6. The fraction of sp³-hybridized carbons (Fsp3) is 0.188. The number of aromatic nitrogens is 3. The zero-order valence-corrected chi connectivity index (χ0v) is 13.5. The van der Waals surface area contributed by atoms with Gasteiger partial charge in [0, 0.05) is 17.7 Å². The molecule has 9 heteroatoms. The molecule has 1 aromatic carbocycles. The van der Waals surface area contributed by atoms with E-state index in [9.17, 15) is 14.9 Å². The zero-order chi connectivity index (χ0) is 18.0. The van der Waals surface area contributed by atoms with E-state index in [0.717, 1.165) is 0 Å². The molecule has 0 saturated heterocycles. The lowest BCUT2D eigenvalue weighted by Gasteiger charge is -2.08. The highest BCUT2D eigenvalue weighted by Crippen LogP contribution is 2.24. The minimum atomic E-state index is -0.574. The van der Waals surface area contributed by atoms with Crippen LogP contribution in [0.2, 0.25) is 0 Å². The van der Waals surface area contributed by atoms with Gasteiger partial charge in [0.1, 0.15) is 5.82 Å². The summed E-state index contributed by atoms with van der Waals surface area (Å²) in [5, 5.41) is 13.5. The summed E-state index contributed by atoms with van der Waals surface area (Å²) >= 11 is 0. The molecule has 0 aliphatic heterocycles. The SMILES string of the molecule is CC(C)OC(=O)Nc1cnc2nc(-c3cccc([N+](=O)[O-])c3)[nH]c2c1. The van der Waals surface area contributed by atoms with Crippen LogP contribution in [0.1, 0.15) is 13.8 Å². The van der Waals surface area contributed by atoms with Gasteiger partial charge in [-0.2, -0.15) is 0 Å². The fourth-order valence-corrected chi connectivity index (χ4v) is 2.23. The van der Waals surface area contributed by atoms with E-state index in [1.54, 1.807) is 32.0 Å². The van der Waals surface area contributed by atoms with E-state index in [4.69, 9.17) is 4.74 Å². The molecular formula is C16H15N5O4. The van der Waals surface area contributed by atoms with E-state index < -0.39 is 11.0 Å². The van der Waals surface area contributed by atoms with E-state index in [2.05, 4.69) is 20.3 Å². The number of benzene rings is 1. The molecule has 0 unspecified atom stereocenters. The Bertz CT molecular complexity index is 951. The van der Waals surface area contributed by atoms with Gasteiger partial charge in [0.25, 0.3) is 5.69 Å². The lowest BCUT2D eigenvalue weighted by molar-refractivity contribution is -0.384. The average molecular weight is 341 g/mol. The Morgan fingerprint density at radius 2 is 2.16 bits per heavy atom. The molecule has 0 aliphatic rings. The van der Waals surface area contributed by atoms with Gasteiger partial charge in [-0.15, -0.1) is 0 Å². The smallest absolute Gasteiger partial charge is 0.411 e. The third kappa shape index (κ3) is 3.71. The van der Waals surface area contributed by atoms with Gasteiger partial charge in [0.05, 0.1) is 28.4 Å². The molecule has 0 atom stereocenters. The highest BCUT2D eigenvalue weighted by Gasteiger charge is 2.12. The first-order chi connectivity index (χ1) is 11.9. The number of rotatable bonds is 4. The van der Waals surface area contributed by atoms with Gasteiger partial charge >= 0.3 is 6.09 Å². The number of aromatic amines is 1. The van der Waals surface area contributed by atoms with Gasteiger partial charge in [-0.05, 0) is 19.9 Å². The number of carbonyl (C=O) groups is 1. The maximum atomic E-state index is 11.6. The second-order valence-corrected chi connectivity index (χ2v) is 5.57. The summed E-state index contributed by atoms with van der Waals surface area (Å²) < 4.78 is 5.01. The van der Waals surface area contributed by atoms with Crippen molar-refractivity contribution in [3.63, 3.8) is 0 Å². The summed E-state index contributed by atoms with van der Waals surface area (Å²) in [7, 11) is 0. The summed E-state index contributed by atoms with van der Waals surface area (Å²) in [6.07, 6.45) is 0.654. The van der Waals surface area contributed by atoms with E-state index in [1.165, 1.54) is 18.3 Å². The molecule has 1 amide bonds. The van der Waals surface area contributed by atoms with Gasteiger partial charge in [-0.1, -0.05) is 12.1 Å². The fourth-order valence-electron chi connectivity index (χ4n) is 2.23. The first-order valence-electron chi connectivity index (χ1n) is 7.50. The molecule has 0 spiro atoms. The second-order valence-electron chi connectivity index (χ2n) is 5.57. The number of hydrogen-bond acceptors (Lipinski definition) is 6. The van der Waals surface area contributed by atoms with Crippen molar-refractivity contribution in [2.45, 2.75) is 20.0 Å². The molecular weight excluding hydrogens is 326 g/mol. The Morgan fingerprint density at radius 1 is 1.36 bits per heavy atom. The average Bonchev–Trinajstić information content (AvgIpc) is 2.97. The van der Waals surface area contributed by atoms with Crippen molar-refractivity contribution in [2.75, 3.05) is 5.32 Å². The summed E-state index contributed by atoms with van der Waals surface area (Å²) in [5.74, 6) is 0.452. The van der Waals surface area contributed by atoms with E-state index in [-0.39, 0.29) is 11.8 Å². The van der Waals surface area contributed by atoms with Crippen molar-refractivity contribution < 1.29 is 14.5 Å². The van der Waals surface area contributed by atoms with Gasteiger partial charge < -0.3 is 9.72 Å². The van der Waals surface area contributed by atoms with Crippen LogP contribution in [0.4, 0.5) is 16.2 Å². The predicted molar refractivity (Wildman–Crippen MR) is 91.2 cm³/mol. The molecule has 128 valence electrons. The Hall–Kier alpha value is -3.49. The van der Waals surface area contributed by atoms with Crippen LogP contribution in [0, 0.1) is 10.1 Å². The normalized spacial score (nSPS) is 10.8. The van der Waals surface area contributed by atoms with Crippen molar-refractivity contribution >= 4 is 28.6 Å². The van der Waals surface area contributed by atoms with Crippen molar-refractivity contribution in [1.29, 1.82) is 0 Å². The van der Waals surface area contributed by atoms with E-state index in [1.807, 2.05) is 0 Å². The predicted octanol–water partition coefficient (Wildman–Crippen LogP) is 3.49. The number of nitro benzene ring substituents is 1.